The molecule has 0 radical (unpaired) electrons. The first-order valence-electron chi connectivity index (χ1n) is 5.56. The Hall–Kier alpha value is -1.18. The van der Waals surface area contributed by atoms with Crippen LogP contribution in [0.15, 0.2) is 0 Å². The molecule has 0 aliphatic carbocycles. The van der Waals surface area contributed by atoms with Crippen molar-refractivity contribution in [3.05, 3.63) is 0 Å². The number of aliphatic hydroxyl groups is 3. The highest BCUT2D eigenvalue weighted by molar-refractivity contribution is 5.81. The molecule has 0 aromatic carbocycles. The van der Waals surface area contributed by atoms with Gasteiger partial charge in [0.15, 0.2) is 0 Å². The molecule has 0 aromatic heterocycles. The summed E-state index contributed by atoms with van der Waals surface area (Å²) in [4.78, 5) is 20.3. The number of hydrogen-bond donors (Lipinski definition) is 5. The van der Waals surface area contributed by atoms with E-state index in [4.69, 9.17) is 20.1 Å². The summed E-state index contributed by atoms with van der Waals surface area (Å²) >= 11 is 0. The van der Waals surface area contributed by atoms with Crippen LogP contribution in [0.25, 0.3) is 0 Å². The van der Waals surface area contributed by atoms with Crippen molar-refractivity contribution in [3.63, 3.8) is 0 Å². The molecule has 0 bridgehead atoms. The minimum atomic E-state index is -1.23. The lowest BCUT2D eigenvalue weighted by Gasteiger charge is -2.27. The molecular weight excluding hydrogens is 242 g/mol. The van der Waals surface area contributed by atoms with E-state index in [2.05, 4.69) is 5.32 Å². The predicted octanol–water partition coefficient (Wildman–Crippen LogP) is -1.04. The average Bonchev–Trinajstić information content (AvgIpc) is 2.27. The van der Waals surface area contributed by atoms with Crippen LogP contribution in [0.5, 0.6) is 0 Å². The summed E-state index contributed by atoms with van der Waals surface area (Å²) in [6.45, 7) is 4.35. The number of carbonyl (C=O) groups is 2. The molecule has 1 atom stereocenters. The number of nitrogens with one attached hydrogen (secondary N) is 1. The van der Waals surface area contributed by atoms with Gasteiger partial charge in [-0.2, -0.15) is 0 Å². The molecule has 0 rings (SSSR count). The second-order valence-electron chi connectivity index (χ2n) is 4.44. The Labute approximate surface area is 106 Å². The molecule has 1 amide bonds. The Bertz CT molecular complexity index is 250. The van der Waals surface area contributed by atoms with Gasteiger partial charge in [-0.15, -0.1) is 0 Å². The van der Waals surface area contributed by atoms with Gasteiger partial charge in [0.1, 0.15) is 6.10 Å². The molecule has 18 heavy (non-hydrogen) atoms. The van der Waals surface area contributed by atoms with Crippen molar-refractivity contribution in [1.82, 2.24) is 5.32 Å². The van der Waals surface area contributed by atoms with Crippen molar-refractivity contribution in [3.8, 4) is 0 Å². The van der Waals surface area contributed by atoms with Gasteiger partial charge in [0.25, 0.3) is 5.97 Å². The highest BCUT2D eigenvalue weighted by Gasteiger charge is 2.32. The van der Waals surface area contributed by atoms with Crippen LogP contribution in [0.2, 0.25) is 0 Å². The van der Waals surface area contributed by atoms with E-state index in [1.807, 2.05) is 0 Å². The third-order valence-electron chi connectivity index (χ3n) is 2.03. The fourth-order valence-corrected chi connectivity index (χ4v) is 0.829. The largest absolute Gasteiger partial charge is 0.481 e. The standard InChI is InChI=1S/C9H19NO4.C2H4O2/c1-9(2,6-12)7(13)8(14)10-4-3-5-11;1-2(3)4/h7,11-13H,3-6H2,1-2H3,(H,10,14);1H3,(H,3,4). The van der Waals surface area contributed by atoms with Gasteiger partial charge < -0.3 is 25.7 Å². The zero-order valence-electron chi connectivity index (χ0n) is 11.0. The van der Waals surface area contributed by atoms with E-state index in [1.54, 1.807) is 13.8 Å². The molecule has 0 fully saturated rings. The maximum absolute atomic E-state index is 11.3. The Kier molecular flexibility index (Phi) is 10.4. The second kappa shape index (κ2) is 9.81. The smallest absolute Gasteiger partial charge is 0.300 e. The highest BCUT2D eigenvalue weighted by atomic mass is 16.4. The lowest BCUT2D eigenvalue weighted by molar-refractivity contribution is -0.137. The predicted molar refractivity (Wildman–Crippen MR) is 64.9 cm³/mol. The third-order valence-corrected chi connectivity index (χ3v) is 2.03. The number of carbonyl (C=O) groups excluding carboxylic acids is 1. The average molecular weight is 265 g/mol. The second-order valence-corrected chi connectivity index (χ2v) is 4.44. The fraction of sp³-hybridized carbons (Fsp3) is 0.818. The minimum absolute atomic E-state index is 0.000230. The summed E-state index contributed by atoms with van der Waals surface area (Å²) in [5, 5.41) is 36.8. The van der Waals surface area contributed by atoms with E-state index in [0.29, 0.717) is 13.0 Å². The summed E-state index contributed by atoms with van der Waals surface area (Å²) < 4.78 is 0. The molecule has 0 aromatic rings. The van der Waals surface area contributed by atoms with E-state index >= 15 is 0 Å². The molecule has 1 unspecified atom stereocenters. The first kappa shape index (κ1) is 19.2. The summed E-state index contributed by atoms with van der Waals surface area (Å²) in [5.41, 5.74) is -0.844. The molecule has 108 valence electrons. The lowest BCUT2D eigenvalue weighted by atomic mass is 9.87. The summed E-state index contributed by atoms with van der Waals surface area (Å²) in [5.74, 6) is -1.35. The number of hydrogen-bond acceptors (Lipinski definition) is 5. The highest BCUT2D eigenvalue weighted by Crippen LogP contribution is 2.19. The molecule has 0 saturated carbocycles. The third kappa shape index (κ3) is 10.0. The molecule has 5 N–H and O–H groups in total. The van der Waals surface area contributed by atoms with Gasteiger partial charge in [-0.25, -0.2) is 0 Å². The van der Waals surface area contributed by atoms with Crippen LogP contribution < -0.4 is 5.32 Å². The van der Waals surface area contributed by atoms with E-state index in [0.717, 1.165) is 6.92 Å². The van der Waals surface area contributed by atoms with Crippen LogP contribution in [0.4, 0.5) is 0 Å². The quantitative estimate of drug-likeness (QED) is 0.390. The van der Waals surface area contributed by atoms with Crippen LogP contribution in [-0.4, -0.2) is 58.2 Å². The van der Waals surface area contributed by atoms with Gasteiger partial charge in [0.2, 0.25) is 5.91 Å². The molecule has 0 aliphatic rings. The molecule has 7 nitrogen and oxygen atoms in total. The fourth-order valence-electron chi connectivity index (χ4n) is 0.829. The van der Waals surface area contributed by atoms with Gasteiger partial charge in [-0.1, -0.05) is 13.8 Å². The summed E-state index contributed by atoms with van der Waals surface area (Å²) in [6, 6.07) is 0. The zero-order valence-corrected chi connectivity index (χ0v) is 11.0. The Morgan fingerprint density at radius 2 is 1.72 bits per heavy atom. The molecule has 0 aliphatic heterocycles. The first-order chi connectivity index (χ1) is 8.18. The van der Waals surface area contributed by atoms with Crippen molar-refractivity contribution < 1.29 is 30.0 Å². The number of aliphatic carboxylic acids is 1. The van der Waals surface area contributed by atoms with Gasteiger partial charge >= 0.3 is 0 Å². The van der Waals surface area contributed by atoms with Crippen molar-refractivity contribution in [2.75, 3.05) is 19.8 Å². The van der Waals surface area contributed by atoms with Crippen LogP contribution in [-0.2, 0) is 9.59 Å². The van der Waals surface area contributed by atoms with Gasteiger partial charge in [0, 0.05) is 25.5 Å². The zero-order chi connectivity index (χ0) is 14.8. The number of carboxylic acid groups (broad SMARTS) is 1. The number of amides is 1. The van der Waals surface area contributed by atoms with Crippen molar-refractivity contribution in [2.24, 2.45) is 5.41 Å². The van der Waals surface area contributed by atoms with Gasteiger partial charge in [0.05, 0.1) is 6.61 Å². The minimum Gasteiger partial charge on any atom is -0.481 e. The molecule has 0 spiro atoms. The molecular formula is C11H23NO6. The number of rotatable bonds is 6. The molecule has 0 heterocycles. The van der Waals surface area contributed by atoms with Gasteiger partial charge in [-0.05, 0) is 6.42 Å². The lowest BCUT2D eigenvalue weighted by Crippen LogP contribution is -2.45. The van der Waals surface area contributed by atoms with Crippen LogP contribution in [0, 0.1) is 5.41 Å². The Morgan fingerprint density at radius 1 is 1.28 bits per heavy atom. The van der Waals surface area contributed by atoms with Crippen molar-refractivity contribution in [1.29, 1.82) is 0 Å². The maximum atomic E-state index is 11.3. The normalized spacial score (nSPS) is 12.1. The van der Waals surface area contributed by atoms with Crippen molar-refractivity contribution in [2.45, 2.75) is 33.3 Å². The van der Waals surface area contributed by atoms with E-state index in [1.165, 1.54) is 0 Å². The SMILES string of the molecule is CC(=O)O.CC(C)(CO)C(O)C(=O)NCCCO. The van der Waals surface area contributed by atoms with Crippen LogP contribution >= 0.6 is 0 Å². The molecule has 7 heteroatoms. The molecule has 0 saturated heterocycles. The maximum Gasteiger partial charge on any atom is 0.300 e. The monoisotopic (exact) mass is 265 g/mol. The van der Waals surface area contributed by atoms with Gasteiger partial charge in [-0.3, -0.25) is 9.59 Å². The van der Waals surface area contributed by atoms with E-state index in [-0.39, 0.29) is 13.2 Å². The summed E-state index contributed by atoms with van der Waals surface area (Å²) in [6.07, 6.45) is -0.774. The Morgan fingerprint density at radius 3 is 2.06 bits per heavy atom. The van der Waals surface area contributed by atoms with E-state index in [9.17, 15) is 9.90 Å². The topological polar surface area (TPSA) is 127 Å². The van der Waals surface area contributed by atoms with E-state index < -0.39 is 23.4 Å². The van der Waals surface area contributed by atoms with Crippen LogP contribution in [0.3, 0.4) is 0 Å². The summed E-state index contributed by atoms with van der Waals surface area (Å²) in [7, 11) is 0. The number of carboxylic acids is 1. The van der Waals surface area contributed by atoms with Crippen molar-refractivity contribution >= 4 is 11.9 Å². The van der Waals surface area contributed by atoms with Crippen LogP contribution in [0.1, 0.15) is 27.2 Å². The Balaban J connectivity index is 0. The number of aliphatic hydroxyl groups excluding tert-OH is 3. The first-order valence-corrected chi connectivity index (χ1v) is 5.56.